The highest BCUT2D eigenvalue weighted by molar-refractivity contribution is 7.93. The van der Waals surface area contributed by atoms with Gasteiger partial charge in [-0.15, -0.1) is 4.33 Å². The van der Waals surface area contributed by atoms with Gasteiger partial charge in [-0.25, -0.2) is 0 Å². The molecule has 1 aliphatic heterocycles. The number of nitrogens with one attached hydrogen (secondary N) is 1. The molecule has 0 amide bonds. The van der Waals surface area contributed by atoms with Crippen molar-refractivity contribution in [2.75, 3.05) is 6.26 Å². The summed E-state index contributed by atoms with van der Waals surface area (Å²) in [5.74, 6) is 0.686. The van der Waals surface area contributed by atoms with Gasteiger partial charge in [0.15, 0.2) is 5.75 Å². The maximum absolute atomic E-state index is 5.98. The third kappa shape index (κ3) is 3.17. The Hall–Kier alpha value is -0.750. The quantitative estimate of drug-likeness (QED) is 0.517. The average molecular weight is 269 g/mol. The smallest absolute Gasteiger partial charge is 0.166 e. The second kappa shape index (κ2) is 5.48. The lowest BCUT2D eigenvalue weighted by molar-refractivity contribution is -0.0771. The molecule has 0 radical (unpaired) electrons. The van der Waals surface area contributed by atoms with Gasteiger partial charge in [-0.2, -0.15) is 0 Å². The molecular weight excluding hydrogens is 250 g/mol. The van der Waals surface area contributed by atoms with E-state index in [1.165, 1.54) is 12.0 Å². The zero-order valence-corrected chi connectivity index (χ0v) is 11.9. The van der Waals surface area contributed by atoms with E-state index >= 15 is 0 Å². The molecule has 1 heterocycles. The number of benzene rings is 1. The van der Waals surface area contributed by atoms with Crippen molar-refractivity contribution in [1.82, 2.24) is 5.32 Å². The number of ether oxygens (including phenoxy) is 1. The first-order valence-corrected chi connectivity index (χ1v) is 7.09. The van der Waals surface area contributed by atoms with Crippen LogP contribution in [0.15, 0.2) is 24.3 Å². The minimum Gasteiger partial charge on any atom is -0.352 e. The second-order valence-corrected chi connectivity index (χ2v) is 5.34. The molecule has 1 saturated heterocycles. The first-order chi connectivity index (χ1) is 8.52. The van der Waals surface area contributed by atoms with Crippen LogP contribution in [0.1, 0.15) is 32.4 Å². The van der Waals surface area contributed by atoms with Gasteiger partial charge >= 0.3 is 0 Å². The predicted molar refractivity (Wildman–Crippen MR) is 72.2 cm³/mol. The van der Waals surface area contributed by atoms with Gasteiger partial charge in [-0.05, 0) is 38.5 Å². The Bertz CT molecular complexity index is 394. The fourth-order valence-electron chi connectivity index (χ4n) is 2.22. The highest BCUT2D eigenvalue weighted by Crippen LogP contribution is 2.33. The molecule has 1 aromatic rings. The van der Waals surface area contributed by atoms with Crippen LogP contribution in [0.2, 0.25) is 0 Å². The van der Waals surface area contributed by atoms with E-state index in [2.05, 4.69) is 12.2 Å². The van der Waals surface area contributed by atoms with Crippen molar-refractivity contribution in [2.45, 2.75) is 38.6 Å². The lowest BCUT2D eigenvalue weighted by atomic mass is 10.0. The van der Waals surface area contributed by atoms with Gasteiger partial charge in [0, 0.05) is 24.3 Å². The van der Waals surface area contributed by atoms with Crippen LogP contribution in [0.3, 0.4) is 0 Å². The van der Waals surface area contributed by atoms with Gasteiger partial charge in [-0.3, -0.25) is 5.32 Å². The van der Waals surface area contributed by atoms with Crippen molar-refractivity contribution in [3.05, 3.63) is 29.8 Å². The molecule has 1 N–H and O–H groups in total. The fraction of sp³-hybridized carbons (Fsp3) is 0.538. The highest BCUT2D eigenvalue weighted by atomic mass is 32.2. The van der Waals surface area contributed by atoms with E-state index in [1.54, 1.807) is 6.26 Å². The minimum absolute atomic E-state index is 0.0653. The third-order valence-electron chi connectivity index (χ3n) is 2.86. The van der Waals surface area contributed by atoms with Crippen molar-refractivity contribution in [3.63, 3.8) is 0 Å². The maximum atomic E-state index is 5.98. The van der Waals surface area contributed by atoms with Crippen molar-refractivity contribution in [2.24, 2.45) is 0 Å². The Morgan fingerprint density at radius 1 is 1.28 bits per heavy atom. The van der Waals surface area contributed by atoms with E-state index in [4.69, 9.17) is 14.0 Å². The van der Waals surface area contributed by atoms with E-state index in [-0.39, 0.29) is 17.9 Å². The van der Waals surface area contributed by atoms with E-state index in [0.29, 0.717) is 5.75 Å². The molecule has 0 bridgehead atoms. The molecule has 2 atom stereocenters. The van der Waals surface area contributed by atoms with E-state index in [9.17, 15) is 0 Å². The average Bonchev–Trinajstić information content (AvgIpc) is 2.61. The lowest BCUT2D eigenvalue weighted by Gasteiger charge is -2.18. The Balaban J connectivity index is 2.06. The van der Waals surface area contributed by atoms with Crippen LogP contribution < -0.4 is 10.2 Å². The van der Waals surface area contributed by atoms with Gasteiger partial charge in [0.2, 0.25) is 0 Å². The molecule has 0 aliphatic carbocycles. The third-order valence-corrected chi connectivity index (χ3v) is 3.06. The standard InChI is InChI=1S/C13H19NO3S/c1-9-12(15-13(2,3)14-9)10-5-7-11(8-6-10)16-17-18-4/h5-9,12,14H,1-4H3/t9-,12+/m1/s1. The molecule has 100 valence electrons. The lowest BCUT2D eigenvalue weighted by Crippen LogP contribution is -2.36. The largest absolute Gasteiger partial charge is 0.352 e. The van der Waals surface area contributed by atoms with Crippen LogP contribution in [-0.4, -0.2) is 18.0 Å². The molecule has 1 aliphatic rings. The summed E-state index contributed by atoms with van der Waals surface area (Å²) >= 11 is 1.17. The summed E-state index contributed by atoms with van der Waals surface area (Å²) in [5, 5.41) is 3.41. The van der Waals surface area contributed by atoms with Crippen molar-refractivity contribution in [3.8, 4) is 5.75 Å². The normalized spacial score (nSPS) is 26.2. The Kier molecular flexibility index (Phi) is 4.17. The second-order valence-electron chi connectivity index (χ2n) is 4.87. The fourth-order valence-corrected chi connectivity index (χ4v) is 2.37. The maximum Gasteiger partial charge on any atom is 0.166 e. The van der Waals surface area contributed by atoms with Gasteiger partial charge < -0.3 is 9.62 Å². The van der Waals surface area contributed by atoms with Gasteiger partial charge in [0.1, 0.15) is 5.72 Å². The Labute approximate surface area is 112 Å². The van der Waals surface area contributed by atoms with Crippen LogP contribution in [-0.2, 0) is 9.07 Å². The van der Waals surface area contributed by atoms with Crippen LogP contribution in [0.5, 0.6) is 5.75 Å². The molecule has 0 unspecified atom stereocenters. The molecule has 4 nitrogen and oxygen atoms in total. The minimum atomic E-state index is -0.277. The first kappa shape index (κ1) is 13.7. The Morgan fingerprint density at radius 2 is 1.94 bits per heavy atom. The molecule has 5 heteroatoms. The van der Waals surface area contributed by atoms with Gasteiger partial charge in [0.25, 0.3) is 0 Å². The SMILES string of the molecule is CSOOc1ccc([C@H]2OC(C)(C)N[C@@H]2C)cc1. The number of rotatable bonds is 4. The van der Waals surface area contributed by atoms with Crippen LogP contribution in [0, 0.1) is 0 Å². The monoisotopic (exact) mass is 269 g/mol. The summed E-state index contributed by atoms with van der Waals surface area (Å²) in [7, 11) is 0. The number of hydrogen-bond donors (Lipinski definition) is 1. The van der Waals surface area contributed by atoms with E-state index < -0.39 is 0 Å². The molecule has 1 fully saturated rings. The van der Waals surface area contributed by atoms with Gasteiger partial charge in [0.05, 0.1) is 6.10 Å². The van der Waals surface area contributed by atoms with Crippen LogP contribution >= 0.6 is 12.0 Å². The topological polar surface area (TPSA) is 39.7 Å². The summed E-state index contributed by atoms with van der Waals surface area (Å²) < 4.78 is 10.8. The molecular formula is C13H19NO3S. The summed E-state index contributed by atoms with van der Waals surface area (Å²) in [6, 6.07) is 8.06. The van der Waals surface area contributed by atoms with E-state index in [0.717, 1.165) is 5.56 Å². The van der Waals surface area contributed by atoms with Crippen LogP contribution in [0.25, 0.3) is 0 Å². The number of hydrogen-bond acceptors (Lipinski definition) is 5. The van der Waals surface area contributed by atoms with Crippen molar-refractivity contribution >= 4 is 12.0 Å². The zero-order valence-electron chi connectivity index (χ0n) is 11.1. The molecule has 1 aromatic carbocycles. The van der Waals surface area contributed by atoms with E-state index in [1.807, 2.05) is 38.1 Å². The molecule has 0 saturated carbocycles. The molecule has 2 rings (SSSR count). The van der Waals surface area contributed by atoms with Crippen molar-refractivity contribution in [1.29, 1.82) is 0 Å². The molecule has 18 heavy (non-hydrogen) atoms. The Morgan fingerprint density at radius 3 is 2.44 bits per heavy atom. The highest BCUT2D eigenvalue weighted by Gasteiger charge is 2.37. The summed E-state index contributed by atoms with van der Waals surface area (Å²) in [5.41, 5.74) is 0.860. The summed E-state index contributed by atoms with van der Waals surface area (Å²) in [6.45, 7) is 6.20. The summed E-state index contributed by atoms with van der Waals surface area (Å²) in [6.07, 6.45) is 1.87. The predicted octanol–water partition coefficient (Wildman–Crippen LogP) is 3.06. The zero-order chi connectivity index (χ0) is 13.2. The first-order valence-electron chi connectivity index (χ1n) is 5.94. The molecule has 0 spiro atoms. The van der Waals surface area contributed by atoms with Crippen LogP contribution in [0.4, 0.5) is 0 Å². The van der Waals surface area contributed by atoms with Gasteiger partial charge in [-0.1, -0.05) is 12.1 Å². The molecule has 0 aromatic heterocycles. The summed E-state index contributed by atoms with van der Waals surface area (Å²) in [4.78, 5) is 5.05. The van der Waals surface area contributed by atoms with Crippen molar-refractivity contribution < 1.29 is 14.0 Å².